The molecule has 32 heavy (non-hydrogen) atoms. The number of allylic oxidation sites excluding steroid dienone is 3. The number of β-amino-alcohol motifs (C(OH)–C–C–N with tert-alkyl or cyclic N) is 1. The molecule has 6 nitrogen and oxygen atoms in total. The average molecular weight is 429 g/mol. The summed E-state index contributed by atoms with van der Waals surface area (Å²) in [6, 6.07) is 15.5. The second kappa shape index (κ2) is 7.58. The number of para-hydroxylation sites is 2. The molecule has 2 aliphatic rings. The molecule has 0 spiro atoms. The molecule has 162 valence electrons. The van der Waals surface area contributed by atoms with E-state index in [1.807, 2.05) is 71.5 Å². The molecule has 0 unspecified atom stereocenters. The van der Waals surface area contributed by atoms with Crippen LogP contribution in [0.15, 0.2) is 59.9 Å². The van der Waals surface area contributed by atoms with E-state index in [1.54, 1.807) is 0 Å². The van der Waals surface area contributed by atoms with E-state index in [0.29, 0.717) is 24.2 Å². The van der Waals surface area contributed by atoms with Crippen LogP contribution in [0.1, 0.15) is 23.7 Å². The Labute approximate surface area is 185 Å². The van der Waals surface area contributed by atoms with Crippen LogP contribution in [0.4, 0.5) is 5.69 Å². The Balaban J connectivity index is 1.75. The van der Waals surface area contributed by atoms with E-state index in [9.17, 15) is 20.1 Å². The van der Waals surface area contributed by atoms with Crippen molar-refractivity contribution in [2.45, 2.75) is 20.4 Å². The highest BCUT2D eigenvalue weighted by atomic mass is 16.3. The maximum atomic E-state index is 13.5. The summed E-state index contributed by atoms with van der Waals surface area (Å²) in [6.07, 6.45) is 0. The van der Waals surface area contributed by atoms with E-state index in [0.717, 1.165) is 44.7 Å². The van der Waals surface area contributed by atoms with Crippen LogP contribution in [0.3, 0.4) is 0 Å². The number of carbonyl (C=O) groups excluding carboxylic acids is 1. The Morgan fingerprint density at radius 2 is 1.62 bits per heavy atom. The highest BCUT2D eigenvalue weighted by molar-refractivity contribution is 6.47. The molecule has 1 aliphatic carbocycles. The van der Waals surface area contributed by atoms with Crippen LogP contribution in [0.2, 0.25) is 0 Å². The number of benzene rings is 2. The van der Waals surface area contributed by atoms with E-state index in [1.165, 1.54) is 0 Å². The Morgan fingerprint density at radius 3 is 2.34 bits per heavy atom. The van der Waals surface area contributed by atoms with Crippen molar-refractivity contribution in [3.63, 3.8) is 0 Å². The zero-order valence-corrected chi connectivity index (χ0v) is 18.1. The molecule has 5 rings (SSSR count). The minimum absolute atomic E-state index is 0.00000283. The lowest BCUT2D eigenvalue weighted by Crippen LogP contribution is -2.25. The number of nitrogens with zero attached hydrogens (tertiary/aromatic N) is 2. The van der Waals surface area contributed by atoms with Gasteiger partial charge < -0.3 is 19.9 Å². The molecular formula is C26H25N2O4+. The highest BCUT2D eigenvalue weighted by Gasteiger charge is 2.44. The van der Waals surface area contributed by atoms with Gasteiger partial charge in [-0.25, -0.2) is 0 Å². The third-order valence-electron chi connectivity index (χ3n) is 6.54. The van der Waals surface area contributed by atoms with Gasteiger partial charge in [-0.05, 0) is 19.1 Å². The molecule has 0 saturated heterocycles. The van der Waals surface area contributed by atoms with E-state index < -0.39 is 0 Å². The van der Waals surface area contributed by atoms with Gasteiger partial charge in [0.25, 0.3) is 0 Å². The van der Waals surface area contributed by atoms with Gasteiger partial charge in [-0.3, -0.25) is 4.79 Å². The van der Waals surface area contributed by atoms with Crippen molar-refractivity contribution in [2.24, 2.45) is 0 Å². The summed E-state index contributed by atoms with van der Waals surface area (Å²) in [5.41, 5.74) is 6.49. The molecule has 3 aromatic rings. The van der Waals surface area contributed by atoms with E-state index in [2.05, 4.69) is 0 Å². The zero-order valence-electron chi connectivity index (χ0n) is 18.1. The maximum absolute atomic E-state index is 13.5. The minimum Gasteiger partial charge on any atom is -0.506 e. The summed E-state index contributed by atoms with van der Waals surface area (Å²) in [7, 11) is 0. The van der Waals surface area contributed by atoms with Crippen LogP contribution >= 0.6 is 0 Å². The molecule has 1 aromatic heterocycles. The lowest BCUT2D eigenvalue weighted by molar-refractivity contribution is -0.440. The number of Topliss-reactive ketones (excluding diaryl/α,β-unsaturated/α-hetero) is 1. The number of hydrogen-bond acceptors (Lipinski definition) is 4. The highest BCUT2D eigenvalue weighted by Crippen LogP contribution is 2.47. The van der Waals surface area contributed by atoms with Gasteiger partial charge in [-0.15, -0.1) is 0 Å². The molecule has 0 amide bonds. The first-order valence-corrected chi connectivity index (χ1v) is 10.7. The summed E-state index contributed by atoms with van der Waals surface area (Å²) in [5, 5.41) is 31.1. The molecular weight excluding hydrogens is 404 g/mol. The standard InChI is InChI=1S/C26H24N2O4/c1-15-21(17-7-3-5-9-19(17)27(15)11-13-29)23-25(31)24(26(23)32)22-16(2)28(12-14-30)20-10-6-4-8-18(20)22/h3-10,29-30H,11-14H2,1-2H3/p+1. The third-order valence-corrected chi connectivity index (χ3v) is 6.54. The number of ketones is 1. The van der Waals surface area contributed by atoms with Crippen molar-refractivity contribution in [1.29, 1.82) is 0 Å². The number of carbonyl (C=O) groups is 1. The Morgan fingerprint density at radius 1 is 0.906 bits per heavy atom. The molecule has 0 radical (unpaired) electrons. The first-order chi connectivity index (χ1) is 15.5. The van der Waals surface area contributed by atoms with E-state index in [4.69, 9.17) is 0 Å². The predicted octanol–water partition coefficient (Wildman–Crippen LogP) is 3.36. The Kier molecular flexibility index (Phi) is 4.84. The number of fused-ring (bicyclic) bond motifs is 2. The minimum atomic E-state index is -0.187. The number of aromatic nitrogens is 1. The van der Waals surface area contributed by atoms with Crippen molar-refractivity contribution < 1.29 is 24.7 Å². The van der Waals surface area contributed by atoms with Crippen LogP contribution in [-0.2, 0) is 11.3 Å². The molecule has 2 aromatic carbocycles. The lowest BCUT2D eigenvalue weighted by Gasteiger charge is -2.23. The smallest absolute Gasteiger partial charge is 0.213 e. The van der Waals surface area contributed by atoms with Crippen molar-refractivity contribution in [3.05, 3.63) is 76.7 Å². The SMILES string of the molecule is CC1=[N+](CCO)c2ccccc2C1=C1C(=O)C(c2c(C)n(CCO)c3ccccc23)=C1O. The second-order valence-corrected chi connectivity index (χ2v) is 8.13. The Hall–Kier alpha value is -3.48. The summed E-state index contributed by atoms with van der Waals surface area (Å²) in [6.45, 7) is 4.62. The van der Waals surface area contributed by atoms with Crippen molar-refractivity contribution in [3.8, 4) is 0 Å². The quantitative estimate of drug-likeness (QED) is 0.429. The van der Waals surface area contributed by atoms with E-state index in [-0.39, 0.29) is 24.8 Å². The van der Waals surface area contributed by atoms with Crippen molar-refractivity contribution in [1.82, 2.24) is 4.57 Å². The zero-order chi connectivity index (χ0) is 22.6. The number of hydrogen-bond donors (Lipinski definition) is 3. The Bertz CT molecular complexity index is 1390. The number of rotatable bonds is 5. The molecule has 0 bridgehead atoms. The van der Waals surface area contributed by atoms with Gasteiger partial charge in [0.1, 0.15) is 12.4 Å². The van der Waals surface area contributed by atoms with Crippen LogP contribution in [0.5, 0.6) is 0 Å². The largest absolute Gasteiger partial charge is 0.506 e. The van der Waals surface area contributed by atoms with Gasteiger partial charge in [0.2, 0.25) is 11.5 Å². The fraction of sp³-hybridized carbons (Fsp3) is 0.231. The normalized spacial score (nSPS) is 18.1. The average Bonchev–Trinajstić information content (AvgIpc) is 3.22. The van der Waals surface area contributed by atoms with Crippen molar-refractivity contribution >= 4 is 39.2 Å². The lowest BCUT2D eigenvalue weighted by atomic mass is 9.78. The fourth-order valence-corrected chi connectivity index (χ4v) is 5.14. The summed E-state index contributed by atoms with van der Waals surface area (Å²) in [4.78, 5) is 13.5. The fourth-order valence-electron chi connectivity index (χ4n) is 5.14. The summed E-state index contributed by atoms with van der Waals surface area (Å²) in [5.74, 6) is -0.187. The van der Waals surface area contributed by atoms with Gasteiger partial charge in [-0.2, -0.15) is 4.58 Å². The second-order valence-electron chi connectivity index (χ2n) is 8.13. The number of aliphatic hydroxyl groups excluding tert-OH is 3. The number of aliphatic hydroxyl groups is 3. The first kappa shape index (κ1) is 20.4. The van der Waals surface area contributed by atoms with Crippen LogP contribution < -0.4 is 0 Å². The van der Waals surface area contributed by atoms with Crippen LogP contribution in [-0.4, -0.2) is 55.7 Å². The van der Waals surface area contributed by atoms with E-state index >= 15 is 0 Å². The molecule has 6 heteroatoms. The summed E-state index contributed by atoms with van der Waals surface area (Å²) >= 11 is 0. The monoisotopic (exact) mass is 429 g/mol. The third kappa shape index (κ3) is 2.66. The molecule has 0 saturated carbocycles. The molecule has 0 atom stereocenters. The topological polar surface area (TPSA) is 85.7 Å². The molecule has 3 N–H and O–H groups in total. The predicted molar refractivity (Wildman–Crippen MR) is 124 cm³/mol. The maximum Gasteiger partial charge on any atom is 0.213 e. The molecule has 2 heterocycles. The van der Waals surface area contributed by atoms with Gasteiger partial charge in [0.05, 0.1) is 28.9 Å². The van der Waals surface area contributed by atoms with Gasteiger partial charge in [0, 0.05) is 41.7 Å². The van der Waals surface area contributed by atoms with Gasteiger partial charge in [-0.1, -0.05) is 30.3 Å². The van der Waals surface area contributed by atoms with Gasteiger partial charge in [0.15, 0.2) is 12.3 Å². The first-order valence-electron chi connectivity index (χ1n) is 10.7. The summed E-state index contributed by atoms with van der Waals surface area (Å²) < 4.78 is 3.96. The van der Waals surface area contributed by atoms with Gasteiger partial charge >= 0.3 is 0 Å². The van der Waals surface area contributed by atoms with Crippen molar-refractivity contribution in [2.75, 3.05) is 19.8 Å². The molecule has 1 aliphatic heterocycles. The van der Waals surface area contributed by atoms with Crippen LogP contribution in [0.25, 0.3) is 22.0 Å². The molecule has 0 fully saturated rings. The van der Waals surface area contributed by atoms with Crippen LogP contribution in [0, 0.1) is 6.92 Å².